The van der Waals surface area contributed by atoms with Gasteiger partial charge in [-0.05, 0) is 18.2 Å². The lowest BCUT2D eigenvalue weighted by Crippen LogP contribution is -2.43. The Morgan fingerprint density at radius 1 is 1.28 bits per heavy atom. The average Bonchev–Trinajstić information content (AvgIpc) is 2.29. The molecule has 1 amide bonds. The maximum Gasteiger partial charge on any atom is 0.251 e. The fraction of sp³-hybridized carbons (Fsp3) is 0.364. The number of carbonyl (C=O) groups is 1. The monoisotopic (exact) mass is 295 g/mol. The lowest BCUT2D eigenvalue weighted by molar-refractivity contribution is 0.0996. The normalized spacial score (nSPS) is 14.4. The van der Waals surface area contributed by atoms with E-state index in [9.17, 15) is 9.18 Å². The summed E-state index contributed by atoms with van der Waals surface area (Å²) in [4.78, 5) is 12.9. The molecule has 0 radical (unpaired) electrons. The highest BCUT2D eigenvalue weighted by molar-refractivity contribution is 5.93. The van der Waals surface area contributed by atoms with Crippen molar-refractivity contribution in [3.05, 3.63) is 29.6 Å². The fourth-order valence-corrected chi connectivity index (χ4v) is 1.82. The van der Waals surface area contributed by atoms with E-state index in [2.05, 4.69) is 10.2 Å². The van der Waals surface area contributed by atoms with Crippen molar-refractivity contribution in [2.45, 2.75) is 0 Å². The Morgan fingerprint density at radius 2 is 1.89 bits per heavy atom. The largest absolute Gasteiger partial charge is 0.369 e. The predicted octanol–water partition coefficient (Wildman–Crippen LogP) is 1.18. The van der Waals surface area contributed by atoms with Gasteiger partial charge in [-0.3, -0.25) is 4.79 Å². The molecule has 18 heavy (non-hydrogen) atoms. The third-order valence-corrected chi connectivity index (χ3v) is 2.70. The van der Waals surface area contributed by atoms with Gasteiger partial charge >= 0.3 is 0 Å². The summed E-state index contributed by atoms with van der Waals surface area (Å²) in [5.41, 5.74) is 5.78. The zero-order valence-corrected chi connectivity index (χ0v) is 11.3. The summed E-state index contributed by atoms with van der Waals surface area (Å²) in [6.45, 7) is 3.46. The summed E-state index contributed by atoms with van der Waals surface area (Å²) in [5, 5.41) is 3.22. The van der Waals surface area contributed by atoms with Crippen molar-refractivity contribution in [1.29, 1.82) is 0 Å². The zero-order chi connectivity index (χ0) is 11.5. The van der Waals surface area contributed by atoms with Crippen molar-refractivity contribution in [2.75, 3.05) is 31.1 Å². The third-order valence-electron chi connectivity index (χ3n) is 2.70. The molecule has 0 bridgehead atoms. The lowest BCUT2D eigenvalue weighted by Gasteiger charge is -2.29. The first-order chi connectivity index (χ1) is 7.68. The first kappa shape index (κ1) is 17.0. The number of rotatable bonds is 2. The first-order valence-electron chi connectivity index (χ1n) is 5.23. The summed E-state index contributed by atoms with van der Waals surface area (Å²) in [5.74, 6) is -1.28. The fourth-order valence-electron chi connectivity index (χ4n) is 1.82. The van der Waals surface area contributed by atoms with Crippen molar-refractivity contribution in [2.24, 2.45) is 5.73 Å². The van der Waals surface area contributed by atoms with E-state index in [0.717, 1.165) is 31.9 Å². The number of nitrogens with two attached hydrogens (primary N) is 1. The predicted molar refractivity (Wildman–Crippen MR) is 74.5 cm³/mol. The molecule has 2 rings (SSSR count). The molecule has 0 atom stereocenters. The SMILES string of the molecule is Cl.Cl.NC(=O)c1ccc(N2CCNCC2)cc1F. The van der Waals surface area contributed by atoms with Crippen LogP contribution >= 0.6 is 24.8 Å². The van der Waals surface area contributed by atoms with E-state index in [-0.39, 0.29) is 30.4 Å². The van der Waals surface area contributed by atoms with Gasteiger partial charge in [0.25, 0.3) is 5.91 Å². The number of primary amides is 1. The van der Waals surface area contributed by atoms with Crippen molar-refractivity contribution < 1.29 is 9.18 Å². The maximum absolute atomic E-state index is 13.5. The zero-order valence-electron chi connectivity index (χ0n) is 9.69. The van der Waals surface area contributed by atoms with Gasteiger partial charge < -0.3 is 16.0 Å². The second-order valence-electron chi connectivity index (χ2n) is 3.77. The minimum absolute atomic E-state index is 0. The number of anilines is 1. The van der Waals surface area contributed by atoms with Crippen LogP contribution in [0, 0.1) is 5.82 Å². The number of amides is 1. The minimum atomic E-state index is -0.732. The van der Waals surface area contributed by atoms with Crippen molar-refractivity contribution in [1.82, 2.24) is 5.32 Å². The highest BCUT2D eigenvalue weighted by atomic mass is 35.5. The number of nitrogens with zero attached hydrogens (tertiary/aromatic N) is 1. The molecule has 1 aromatic rings. The molecule has 1 saturated heterocycles. The first-order valence-corrected chi connectivity index (χ1v) is 5.23. The summed E-state index contributed by atoms with van der Waals surface area (Å²) < 4.78 is 13.5. The quantitative estimate of drug-likeness (QED) is 0.861. The van der Waals surface area contributed by atoms with Crippen LogP contribution in [0.1, 0.15) is 10.4 Å². The van der Waals surface area contributed by atoms with E-state index in [1.54, 1.807) is 6.07 Å². The van der Waals surface area contributed by atoms with Gasteiger partial charge in [-0.1, -0.05) is 0 Å². The second-order valence-corrected chi connectivity index (χ2v) is 3.77. The van der Waals surface area contributed by atoms with E-state index in [1.807, 2.05) is 0 Å². The van der Waals surface area contributed by atoms with E-state index in [0.29, 0.717) is 0 Å². The number of hydrogen-bond donors (Lipinski definition) is 2. The van der Waals surface area contributed by atoms with Gasteiger partial charge in [-0.25, -0.2) is 4.39 Å². The van der Waals surface area contributed by atoms with E-state index in [1.165, 1.54) is 12.1 Å². The Bertz CT molecular complexity index is 411. The third kappa shape index (κ3) is 3.73. The summed E-state index contributed by atoms with van der Waals surface area (Å²) in [6.07, 6.45) is 0. The molecular formula is C11H16Cl2FN3O. The summed E-state index contributed by atoms with van der Waals surface area (Å²) in [6, 6.07) is 4.54. The molecule has 0 unspecified atom stereocenters. The van der Waals surface area contributed by atoms with Gasteiger partial charge in [-0.2, -0.15) is 0 Å². The molecule has 0 spiro atoms. The Labute approximate surface area is 118 Å². The van der Waals surface area contributed by atoms with Gasteiger partial charge in [0.1, 0.15) is 5.82 Å². The van der Waals surface area contributed by atoms with Crippen LogP contribution in [0.15, 0.2) is 18.2 Å². The van der Waals surface area contributed by atoms with E-state index < -0.39 is 11.7 Å². The van der Waals surface area contributed by atoms with Crippen LogP contribution in [0.4, 0.5) is 10.1 Å². The van der Waals surface area contributed by atoms with Crippen LogP contribution < -0.4 is 16.0 Å². The molecular weight excluding hydrogens is 280 g/mol. The van der Waals surface area contributed by atoms with Gasteiger partial charge in [0.2, 0.25) is 0 Å². The number of halogens is 3. The number of hydrogen-bond acceptors (Lipinski definition) is 3. The molecule has 0 saturated carbocycles. The summed E-state index contributed by atoms with van der Waals surface area (Å²) >= 11 is 0. The van der Waals surface area contributed by atoms with Crippen molar-refractivity contribution in [3.8, 4) is 0 Å². The van der Waals surface area contributed by atoms with Gasteiger partial charge in [0.05, 0.1) is 5.56 Å². The Hall–Kier alpha value is -1.04. The number of piperazine rings is 1. The molecule has 102 valence electrons. The molecule has 1 aliphatic rings. The highest BCUT2D eigenvalue weighted by Gasteiger charge is 2.14. The smallest absolute Gasteiger partial charge is 0.251 e. The molecule has 1 aromatic carbocycles. The Morgan fingerprint density at radius 3 is 2.39 bits per heavy atom. The van der Waals surface area contributed by atoms with Gasteiger partial charge in [0.15, 0.2) is 0 Å². The van der Waals surface area contributed by atoms with E-state index in [4.69, 9.17) is 5.73 Å². The van der Waals surface area contributed by atoms with Gasteiger partial charge in [0, 0.05) is 31.9 Å². The molecule has 0 aromatic heterocycles. The Balaban J connectivity index is 0.00000144. The van der Waals surface area contributed by atoms with Crippen LogP contribution in [-0.4, -0.2) is 32.1 Å². The van der Waals surface area contributed by atoms with Crippen LogP contribution in [0.3, 0.4) is 0 Å². The summed E-state index contributed by atoms with van der Waals surface area (Å²) in [7, 11) is 0. The molecule has 1 heterocycles. The van der Waals surface area contributed by atoms with Crippen molar-refractivity contribution >= 4 is 36.4 Å². The standard InChI is InChI=1S/C11H14FN3O.2ClH/c12-10-7-8(1-2-9(10)11(13)16)15-5-3-14-4-6-15;;/h1-2,7,14H,3-6H2,(H2,13,16);2*1H. The number of nitrogens with one attached hydrogen (secondary N) is 1. The molecule has 1 aliphatic heterocycles. The second kappa shape index (κ2) is 7.41. The highest BCUT2D eigenvalue weighted by Crippen LogP contribution is 2.18. The molecule has 0 aliphatic carbocycles. The van der Waals surface area contributed by atoms with Crippen LogP contribution in [-0.2, 0) is 0 Å². The van der Waals surface area contributed by atoms with Crippen molar-refractivity contribution in [3.63, 3.8) is 0 Å². The van der Waals surface area contributed by atoms with E-state index >= 15 is 0 Å². The van der Waals surface area contributed by atoms with Crippen LogP contribution in [0.5, 0.6) is 0 Å². The lowest BCUT2D eigenvalue weighted by atomic mass is 10.1. The van der Waals surface area contributed by atoms with Crippen LogP contribution in [0.25, 0.3) is 0 Å². The topological polar surface area (TPSA) is 58.4 Å². The Kier molecular flexibility index (Phi) is 6.98. The number of benzene rings is 1. The minimum Gasteiger partial charge on any atom is -0.369 e. The maximum atomic E-state index is 13.5. The molecule has 1 fully saturated rings. The number of carbonyl (C=O) groups excluding carboxylic acids is 1. The van der Waals surface area contributed by atoms with Gasteiger partial charge in [-0.15, -0.1) is 24.8 Å². The molecule has 4 nitrogen and oxygen atoms in total. The molecule has 3 N–H and O–H groups in total. The van der Waals surface area contributed by atoms with Crippen LogP contribution in [0.2, 0.25) is 0 Å². The molecule has 7 heteroatoms. The average molecular weight is 296 g/mol.